The van der Waals surface area contributed by atoms with Crippen molar-refractivity contribution >= 4 is 11.9 Å². The molecule has 1 aliphatic heterocycles. The van der Waals surface area contributed by atoms with E-state index < -0.39 is 5.97 Å². The number of hydrogen-bond donors (Lipinski definition) is 1. The fourth-order valence-corrected chi connectivity index (χ4v) is 4.17. The molecule has 2 fully saturated rings. The molecular formula is C20H21N3O3. The van der Waals surface area contributed by atoms with Crippen LogP contribution >= 0.6 is 0 Å². The highest BCUT2D eigenvalue weighted by Crippen LogP contribution is 2.34. The van der Waals surface area contributed by atoms with Crippen molar-refractivity contribution in [2.24, 2.45) is 11.8 Å². The Morgan fingerprint density at radius 3 is 2.38 bits per heavy atom. The van der Waals surface area contributed by atoms with Crippen LogP contribution in [-0.4, -0.2) is 44.9 Å². The largest absolute Gasteiger partial charge is 0.476 e. The van der Waals surface area contributed by atoms with Gasteiger partial charge >= 0.3 is 5.97 Å². The van der Waals surface area contributed by atoms with Gasteiger partial charge in [0.2, 0.25) is 0 Å². The number of fused-ring (bicyclic) bond motifs is 2. The van der Waals surface area contributed by atoms with Crippen LogP contribution in [0.15, 0.2) is 36.7 Å². The Balaban J connectivity index is 1.51. The highest BCUT2D eigenvalue weighted by molar-refractivity contribution is 5.94. The molecule has 2 aliphatic rings. The van der Waals surface area contributed by atoms with Gasteiger partial charge in [-0.05, 0) is 43.2 Å². The maximum atomic E-state index is 12.8. The zero-order valence-corrected chi connectivity index (χ0v) is 14.5. The zero-order chi connectivity index (χ0) is 18.1. The van der Waals surface area contributed by atoms with E-state index >= 15 is 0 Å². The third kappa shape index (κ3) is 3.31. The smallest absolute Gasteiger partial charge is 0.356 e. The van der Waals surface area contributed by atoms with E-state index in [1.54, 1.807) is 24.3 Å². The van der Waals surface area contributed by atoms with Gasteiger partial charge in [0.15, 0.2) is 5.69 Å². The fourth-order valence-electron chi connectivity index (χ4n) is 4.17. The lowest BCUT2D eigenvalue weighted by Crippen LogP contribution is -2.45. The molecule has 1 aliphatic carbocycles. The molecule has 26 heavy (non-hydrogen) atoms. The molecule has 1 aromatic heterocycles. The van der Waals surface area contributed by atoms with Crippen molar-refractivity contribution in [3.8, 4) is 11.3 Å². The summed E-state index contributed by atoms with van der Waals surface area (Å²) in [5.74, 6) is 0.278. The summed E-state index contributed by atoms with van der Waals surface area (Å²) in [6.45, 7) is 1.73. The van der Waals surface area contributed by atoms with Crippen molar-refractivity contribution in [1.82, 2.24) is 14.9 Å². The molecule has 1 amide bonds. The number of piperidine rings is 1. The Kier molecular flexibility index (Phi) is 4.41. The van der Waals surface area contributed by atoms with Crippen molar-refractivity contribution in [2.45, 2.75) is 25.7 Å². The van der Waals surface area contributed by atoms with Crippen LogP contribution in [-0.2, 0) is 0 Å². The average molecular weight is 351 g/mol. The number of nitrogens with zero attached hydrogens (tertiary/aromatic N) is 3. The SMILES string of the molecule is O=C(O)c1cncc(-c2ccc(C(=O)N3C[C@@H]4CCC[C@@H](C4)C3)cc2)n1. The molecule has 134 valence electrons. The molecule has 1 N–H and O–H groups in total. The number of benzene rings is 1. The molecule has 0 spiro atoms. The first-order chi connectivity index (χ1) is 12.6. The summed E-state index contributed by atoms with van der Waals surface area (Å²) < 4.78 is 0. The van der Waals surface area contributed by atoms with Crippen LogP contribution in [0.4, 0.5) is 0 Å². The number of hydrogen-bond acceptors (Lipinski definition) is 4. The Hall–Kier alpha value is -2.76. The summed E-state index contributed by atoms with van der Waals surface area (Å²) in [5, 5.41) is 9.03. The van der Waals surface area contributed by atoms with Crippen molar-refractivity contribution < 1.29 is 14.7 Å². The number of aromatic nitrogens is 2. The van der Waals surface area contributed by atoms with E-state index in [0.717, 1.165) is 18.7 Å². The number of carbonyl (C=O) groups excluding carboxylic acids is 1. The van der Waals surface area contributed by atoms with Gasteiger partial charge in [0, 0.05) is 24.2 Å². The van der Waals surface area contributed by atoms with Gasteiger partial charge in [-0.3, -0.25) is 9.78 Å². The normalized spacial score (nSPS) is 22.1. The summed E-state index contributed by atoms with van der Waals surface area (Å²) >= 11 is 0. The van der Waals surface area contributed by atoms with Crippen LogP contribution in [0.1, 0.15) is 46.5 Å². The Labute approximate surface area is 151 Å². The first-order valence-corrected chi connectivity index (χ1v) is 9.05. The minimum atomic E-state index is -1.11. The van der Waals surface area contributed by atoms with Gasteiger partial charge in [0.1, 0.15) is 0 Å². The molecule has 4 rings (SSSR count). The molecule has 2 bridgehead atoms. The van der Waals surface area contributed by atoms with Gasteiger partial charge in [0.05, 0.1) is 18.1 Å². The van der Waals surface area contributed by atoms with Crippen LogP contribution in [0.5, 0.6) is 0 Å². The van der Waals surface area contributed by atoms with Crippen molar-refractivity contribution in [3.05, 3.63) is 47.9 Å². The standard InChI is InChI=1S/C20H21N3O3/c24-19(23-11-13-2-1-3-14(8-13)12-23)16-6-4-15(5-7-16)17-9-21-10-18(22-17)20(25)26/h4-7,9-10,13-14H,1-3,8,11-12H2,(H,25,26)/t13-,14+. The van der Waals surface area contributed by atoms with Gasteiger partial charge in [-0.2, -0.15) is 0 Å². The topological polar surface area (TPSA) is 83.4 Å². The molecular weight excluding hydrogens is 330 g/mol. The number of likely N-dealkylation sites (tertiary alicyclic amines) is 1. The van der Waals surface area contributed by atoms with Crippen molar-refractivity contribution in [1.29, 1.82) is 0 Å². The Morgan fingerprint density at radius 2 is 1.73 bits per heavy atom. The Bertz CT molecular complexity index is 822. The minimum Gasteiger partial charge on any atom is -0.476 e. The summed E-state index contributed by atoms with van der Waals surface area (Å²) in [5.41, 5.74) is 1.79. The summed E-state index contributed by atoms with van der Waals surface area (Å²) in [6, 6.07) is 7.18. The number of carboxylic acids is 1. The third-order valence-electron chi connectivity index (χ3n) is 5.42. The van der Waals surface area contributed by atoms with Crippen LogP contribution in [0.2, 0.25) is 0 Å². The predicted octanol–water partition coefficient (Wildman–Crippen LogP) is 3.10. The lowest BCUT2D eigenvalue weighted by molar-refractivity contribution is 0.0504. The molecule has 1 aromatic carbocycles. The second-order valence-electron chi connectivity index (χ2n) is 7.28. The molecule has 1 saturated carbocycles. The van der Waals surface area contributed by atoms with E-state index in [4.69, 9.17) is 5.11 Å². The molecule has 2 heterocycles. The second kappa shape index (κ2) is 6.86. The minimum absolute atomic E-state index is 0.0820. The first-order valence-electron chi connectivity index (χ1n) is 9.05. The van der Waals surface area contributed by atoms with Gasteiger partial charge in [-0.15, -0.1) is 0 Å². The van der Waals surface area contributed by atoms with Crippen LogP contribution in [0.3, 0.4) is 0 Å². The number of rotatable bonds is 3. The van der Waals surface area contributed by atoms with Gasteiger partial charge in [0.25, 0.3) is 5.91 Å². The first kappa shape index (κ1) is 16.7. The molecule has 2 aromatic rings. The summed E-state index contributed by atoms with van der Waals surface area (Å²) in [4.78, 5) is 33.9. The maximum Gasteiger partial charge on any atom is 0.356 e. The van der Waals surface area contributed by atoms with E-state index in [1.165, 1.54) is 38.1 Å². The molecule has 0 unspecified atom stereocenters. The lowest BCUT2D eigenvalue weighted by atomic mass is 9.78. The van der Waals surface area contributed by atoms with Crippen LogP contribution in [0.25, 0.3) is 11.3 Å². The summed E-state index contributed by atoms with van der Waals surface area (Å²) in [7, 11) is 0. The number of amides is 1. The predicted molar refractivity (Wildman–Crippen MR) is 95.8 cm³/mol. The highest BCUT2D eigenvalue weighted by atomic mass is 16.4. The average Bonchev–Trinajstić information content (AvgIpc) is 2.67. The van der Waals surface area contributed by atoms with Gasteiger partial charge in [-0.25, -0.2) is 9.78 Å². The fraction of sp³-hybridized carbons (Fsp3) is 0.400. The Morgan fingerprint density at radius 1 is 1.04 bits per heavy atom. The zero-order valence-electron chi connectivity index (χ0n) is 14.5. The monoisotopic (exact) mass is 351 g/mol. The summed E-state index contributed by atoms with van der Waals surface area (Å²) in [6.07, 6.45) is 7.77. The van der Waals surface area contributed by atoms with Crippen LogP contribution in [0, 0.1) is 11.8 Å². The van der Waals surface area contributed by atoms with Crippen molar-refractivity contribution in [2.75, 3.05) is 13.1 Å². The number of carbonyl (C=O) groups is 2. The number of carboxylic acid groups (broad SMARTS) is 1. The number of aromatic carboxylic acids is 1. The van der Waals surface area contributed by atoms with E-state index in [2.05, 4.69) is 9.97 Å². The molecule has 1 saturated heterocycles. The van der Waals surface area contributed by atoms with E-state index in [1.807, 2.05) is 4.90 Å². The van der Waals surface area contributed by atoms with Crippen molar-refractivity contribution in [3.63, 3.8) is 0 Å². The van der Waals surface area contributed by atoms with E-state index in [-0.39, 0.29) is 11.6 Å². The van der Waals surface area contributed by atoms with Crippen LogP contribution < -0.4 is 0 Å². The highest BCUT2D eigenvalue weighted by Gasteiger charge is 2.32. The lowest BCUT2D eigenvalue weighted by Gasteiger charge is -2.41. The molecule has 6 heteroatoms. The quantitative estimate of drug-likeness (QED) is 0.919. The molecule has 0 radical (unpaired) electrons. The van der Waals surface area contributed by atoms with Gasteiger partial charge in [-0.1, -0.05) is 18.6 Å². The third-order valence-corrected chi connectivity index (χ3v) is 5.42. The van der Waals surface area contributed by atoms with Gasteiger partial charge < -0.3 is 10.0 Å². The van der Waals surface area contributed by atoms with E-state index in [9.17, 15) is 9.59 Å². The second-order valence-corrected chi connectivity index (χ2v) is 7.28. The van der Waals surface area contributed by atoms with E-state index in [0.29, 0.717) is 23.1 Å². The maximum absolute atomic E-state index is 12.8. The molecule has 2 atom stereocenters. The molecule has 6 nitrogen and oxygen atoms in total.